The number of likely N-dealkylation sites (N-methyl/N-ethyl adjacent to an activating group) is 1. The number of furan rings is 1. The van der Waals surface area contributed by atoms with Gasteiger partial charge in [-0.3, -0.25) is 18.8 Å². The molecule has 5 heterocycles. The van der Waals surface area contributed by atoms with E-state index in [9.17, 15) is 9.59 Å². The lowest BCUT2D eigenvalue weighted by Crippen LogP contribution is -2.47. The van der Waals surface area contributed by atoms with E-state index >= 15 is 4.39 Å². The second-order valence-electron chi connectivity index (χ2n) is 11.3. The quantitative estimate of drug-likeness (QED) is 0.221. The van der Waals surface area contributed by atoms with E-state index in [4.69, 9.17) is 14.9 Å². The van der Waals surface area contributed by atoms with Gasteiger partial charge in [-0.25, -0.2) is 9.18 Å². The van der Waals surface area contributed by atoms with Gasteiger partial charge in [-0.15, -0.1) is 0 Å². The number of carbonyl (C=O) groups excluding carboxylic acids is 1. The topological polar surface area (TPSA) is 144 Å². The van der Waals surface area contributed by atoms with Crippen LogP contribution in [-0.2, 0) is 18.4 Å². The molecule has 1 fully saturated rings. The maximum Gasteiger partial charge on any atom is 0.330 e. The molecule has 6 rings (SSSR count). The monoisotopic (exact) mass is 620 g/mol. The summed E-state index contributed by atoms with van der Waals surface area (Å²) in [6.45, 7) is 4.72. The van der Waals surface area contributed by atoms with Crippen molar-refractivity contribution in [2.24, 2.45) is 7.05 Å². The minimum atomic E-state index is -0.402. The van der Waals surface area contributed by atoms with E-state index < -0.39 is 5.82 Å². The van der Waals surface area contributed by atoms with Crippen LogP contribution in [0, 0.1) is 5.82 Å². The minimum Gasteiger partial charge on any atom is -0.484 e. The van der Waals surface area contributed by atoms with E-state index in [1.807, 2.05) is 36.0 Å². The summed E-state index contributed by atoms with van der Waals surface area (Å²) in [4.78, 5) is 36.0. The van der Waals surface area contributed by atoms with Crippen LogP contribution in [0.15, 0.2) is 51.9 Å². The molecular formula is C30H37FN10O4. The molecular weight excluding hydrogens is 583 g/mol. The Labute approximate surface area is 258 Å². The van der Waals surface area contributed by atoms with Crippen LogP contribution < -0.4 is 26.4 Å². The number of piperazine rings is 1. The van der Waals surface area contributed by atoms with Crippen molar-refractivity contribution in [2.45, 2.75) is 6.54 Å². The van der Waals surface area contributed by atoms with Gasteiger partial charge in [-0.05, 0) is 44.4 Å². The fraction of sp³-hybridized carbons (Fsp3) is 0.400. The Bertz CT molecular complexity index is 1870. The predicted octanol–water partition coefficient (Wildman–Crippen LogP) is 1.24. The van der Waals surface area contributed by atoms with Gasteiger partial charge in [0.15, 0.2) is 18.0 Å². The Kier molecular flexibility index (Phi) is 8.45. The second kappa shape index (κ2) is 12.6. The molecule has 0 radical (unpaired) electrons. The van der Waals surface area contributed by atoms with Crippen molar-refractivity contribution in [3.8, 4) is 17.2 Å². The standard InChI is InChI=1S/C30H37FN10O4/c1-36(2)9-8-33-26(42)19-45-20-6-7-23(21(31)17-20)39-13-10-38(11-14-39)12-15-40-28-27(37(3)30(40)43)24-18-22(25-5-4-16-44-25)35-41(24)29(32)34-28/h4-7,16-18H,8-15,19H2,1-3H3,(H2,32,34)(H,33,42). The summed E-state index contributed by atoms with van der Waals surface area (Å²) in [5.41, 5.74) is 8.95. The van der Waals surface area contributed by atoms with Crippen LogP contribution in [0.1, 0.15) is 0 Å². The number of amides is 1. The van der Waals surface area contributed by atoms with Crippen molar-refractivity contribution in [3.63, 3.8) is 0 Å². The molecule has 1 aliphatic rings. The molecule has 0 atom stereocenters. The average Bonchev–Trinajstić information content (AvgIpc) is 3.75. The number of halogens is 1. The summed E-state index contributed by atoms with van der Waals surface area (Å²) >= 11 is 0. The van der Waals surface area contributed by atoms with Crippen molar-refractivity contribution < 1.29 is 18.3 Å². The zero-order valence-electron chi connectivity index (χ0n) is 25.6. The van der Waals surface area contributed by atoms with Gasteiger partial charge in [-0.2, -0.15) is 14.6 Å². The number of nitrogens with one attached hydrogen (secondary N) is 1. The minimum absolute atomic E-state index is 0.171. The van der Waals surface area contributed by atoms with E-state index in [1.54, 1.807) is 40.6 Å². The lowest BCUT2D eigenvalue weighted by molar-refractivity contribution is -0.123. The SMILES string of the molecule is CN(C)CCNC(=O)COc1ccc(N2CCN(CCn3c(=O)n(C)c4c3nc(N)n3nc(-c5ccco5)cc43)CC2)c(F)c1. The summed E-state index contributed by atoms with van der Waals surface area (Å²) in [7, 11) is 5.56. The van der Waals surface area contributed by atoms with E-state index in [-0.39, 0.29) is 24.2 Å². The molecule has 5 aromatic rings. The Balaban J connectivity index is 1.07. The number of ether oxygens (including phenoxy) is 1. The van der Waals surface area contributed by atoms with Gasteiger partial charge in [0, 0.05) is 65.5 Å². The first-order chi connectivity index (χ1) is 21.7. The van der Waals surface area contributed by atoms with Crippen molar-refractivity contribution in [1.82, 2.24) is 38.8 Å². The highest BCUT2D eigenvalue weighted by molar-refractivity contribution is 5.91. The Morgan fingerprint density at radius 1 is 1.16 bits per heavy atom. The first-order valence-electron chi connectivity index (χ1n) is 14.8. The third-order valence-electron chi connectivity index (χ3n) is 8.01. The number of aromatic nitrogens is 5. The number of rotatable bonds is 11. The molecule has 0 bridgehead atoms. The molecule has 0 aliphatic carbocycles. The van der Waals surface area contributed by atoms with Crippen LogP contribution in [0.25, 0.3) is 28.1 Å². The normalized spacial score (nSPS) is 14.2. The molecule has 45 heavy (non-hydrogen) atoms. The van der Waals surface area contributed by atoms with Crippen LogP contribution in [0.5, 0.6) is 5.75 Å². The first kappa shape index (κ1) is 30.1. The van der Waals surface area contributed by atoms with Crippen LogP contribution in [0.4, 0.5) is 16.0 Å². The van der Waals surface area contributed by atoms with Crippen molar-refractivity contribution in [2.75, 3.05) is 77.1 Å². The summed E-state index contributed by atoms with van der Waals surface area (Å²) in [6.07, 6.45) is 1.57. The second-order valence-corrected chi connectivity index (χ2v) is 11.3. The summed E-state index contributed by atoms with van der Waals surface area (Å²) < 4.78 is 30.7. The van der Waals surface area contributed by atoms with Gasteiger partial charge in [0.25, 0.3) is 5.91 Å². The smallest absolute Gasteiger partial charge is 0.330 e. The predicted molar refractivity (Wildman–Crippen MR) is 168 cm³/mol. The maximum absolute atomic E-state index is 15.0. The molecule has 1 aromatic carbocycles. The highest BCUT2D eigenvalue weighted by Crippen LogP contribution is 2.27. The number of aryl methyl sites for hydroxylation is 1. The number of anilines is 2. The summed E-state index contributed by atoms with van der Waals surface area (Å²) in [5.74, 6) is 0.413. The molecule has 1 amide bonds. The van der Waals surface area contributed by atoms with Crippen LogP contribution in [-0.4, -0.2) is 106 Å². The number of carbonyl (C=O) groups is 1. The number of benzene rings is 1. The van der Waals surface area contributed by atoms with E-state index in [0.717, 1.165) is 6.54 Å². The van der Waals surface area contributed by atoms with Gasteiger partial charge in [0.1, 0.15) is 22.8 Å². The van der Waals surface area contributed by atoms with E-state index in [2.05, 4.69) is 20.3 Å². The van der Waals surface area contributed by atoms with Gasteiger partial charge in [0.2, 0.25) is 5.95 Å². The Hall–Kier alpha value is -4.89. The largest absolute Gasteiger partial charge is 0.484 e. The van der Waals surface area contributed by atoms with Crippen molar-refractivity contribution in [1.29, 1.82) is 0 Å². The number of imidazole rings is 1. The molecule has 14 nitrogen and oxygen atoms in total. The number of nitrogens with zero attached hydrogens (tertiary/aromatic N) is 8. The summed E-state index contributed by atoms with van der Waals surface area (Å²) in [5, 5.41) is 7.29. The van der Waals surface area contributed by atoms with E-state index in [0.29, 0.717) is 85.4 Å². The van der Waals surface area contributed by atoms with Crippen molar-refractivity contribution >= 4 is 34.2 Å². The molecule has 0 spiro atoms. The van der Waals surface area contributed by atoms with Crippen molar-refractivity contribution in [3.05, 3.63) is 59.0 Å². The molecule has 238 valence electrons. The van der Waals surface area contributed by atoms with Gasteiger partial charge in [0.05, 0.1) is 17.5 Å². The third kappa shape index (κ3) is 6.21. The van der Waals surface area contributed by atoms with Gasteiger partial charge in [-0.1, -0.05) is 0 Å². The van der Waals surface area contributed by atoms with Gasteiger partial charge < -0.3 is 30.0 Å². The highest BCUT2D eigenvalue weighted by Gasteiger charge is 2.23. The number of nitrogens with two attached hydrogens (primary N) is 1. The summed E-state index contributed by atoms with van der Waals surface area (Å²) in [6, 6.07) is 10.1. The number of nitrogen functional groups attached to an aromatic ring is 1. The van der Waals surface area contributed by atoms with Crippen LogP contribution in [0.2, 0.25) is 0 Å². The number of hydrogen-bond acceptors (Lipinski definition) is 10. The molecule has 3 N–H and O–H groups in total. The molecule has 0 unspecified atom stereocenters. The van der Waals surface area contributed by atoms with Gasteiger partial charge >= 0.3 is 5.69 Å². The molecule has 15 heteroatoms. The fourth-order valence-electron chi connectivity index (χ4n) is 5.58. The third-order valence-corrected chi connectivity index (χ3v) is 8.01. The first-order valence-corrected chi connectivity index (χ1v) is 14.8. The maximum atomic E-state index is 15.0. The fourth-order valence-corrected chi connectivity index (χ4v) is 5.58. The van der Waals surface area contributed by atoms with E-state index in [1.165, 1.54) is 10.6 Å². The molecule has 0 saturated carbocycles. The lowest BCUT2D eigenvalue weighted by Gasteiger charge is -2.36. The zero-order valence-corrected chi connectivity index (χ0v) is 25.6. The van der Waals surface area contributed by atoms with Crippen LogP contribution in [0.3, 0.4) is 0 Å². The Morgan fingerprint density at radius 3 is 2.67 bits per heavy atom. The number of fused-ring (bicyclic) bond motifs is 3. The molecule has 1 saturated heterocycles. The lowest BCUT2D eigenvalue weighted by atomic mass is 10.2. The zero-order chi connectivity index (χ0) is 31.7. The molecule has 4 aromatic heterocycles. The average molecular weight is 621 g/mol. The number of hydrogen-bond donors (Lipinski definition) is 2. The van der Waals surface area contributed by atoms with Crippen LogP contribution >= 0.6 is 0 Å². The molecule has 1 aliphatic heterocycles. The highest BCUT2D eigenvalue weighted by atomic mass is 19.1. The Morgan fingerprint density at radius 2 is 1.96 bits per heavy atom.